The van der Waals surface area contributed by atoms with Crippen molar-refractivity contribution in [1.29, 1.82) is 0 Å². The highest BCUT2D eigenvalue weighted by Gasteiger charge is 2.24. The summed E-state index contributed by atoms with van der Waals surface area (Å²) >= 11 is 0. The molecule has 0 aliphatic carbocycles. The van der Waals surface area contributed by atoms with E-state index in [9.17, 15) is 30.1 Å². The van der Waals surface area contributed by atoms with E-state index in [0.29, 0.717) is 16.8 Å². The molecule has 0 atom stereocenters. The molecule has 0 spiro atoms. The zero-order valence-corrected chi connectivity index (χ0v) is 12.8. The highest BCUT2D eigenvalue weighted by Crippen LogP contribution is 2.29. The van der Waals surface area contributed by atoms with Crippen molar-refractivity contribution in [3.63, 3.8) is 0 Å². The Morgan fingerprint density at radius 2 is 1.62 bits per heavy atom. The van der Waals surface area contributed by atoms with Crippen molar-refractivity contribution >= 4 is 23.0 Å². The lowest BCUT2D eigenvalue weighted by Gasteiger charge is -2.12. The third kappa shape index (κ3) is 3.29. The smallest absolute Gasteiger partial charge is 0.289 e. The van der Waals surface area contributed by atoms with Crippen LogP contribution in [0.3, 0.4) is 0 Å². The number of carbonyl (C=O) groups excluding carboxylic acids is 1. The molecular weight excluding hydrogens is 318 g/mol. The van der Waals surface area contributed by atoms with Crippen LogP contribution in [0, 0.1) is 34.1 Å². The van der Waals surface area contributed by atoms with Crippen LogP contribution in [0.15, 0.2) is 30.3 Å². The highest BCUT2D eigenvalue weighted by molar-refractivity contribution is 6.08. The van der Waals surface area contributed by atoms with E-state index in [2.05, 4.69) is 5.32 Å². The summed E-state index contributed by atoms with van der Waals surface area (Å²) in [6.07, 6.45) is 0. The fraction of sp³-hybridized carbons (Fsp3) is 0.133. The quantitative estimate of drug-likeness (QED) is 0.502. The number of nitro groups is 2. The minimum atomic E-state index is -0.849. The zero-order chi connectivity index (χ0) is 18.0. The van der Waals surface area contributed by atoms with Gasteiger partial charge in [0.1, 0.15) is 11.3 Å². The number of non-ortho nitro benzene ring substituents is 1. The molecule has 2 aromatic carbocycles. The third-order valence-electron chi connectivity index (χ3n) is 3.39. The summed E-state index contributed by atoms with van der Waals surface area (Å²) in [4.78, 5) is 32.6. The number of anilines is 1. The number of nitrogens with one attached hydrogen (secondary N) is 1. The van der Waals surface area contributed by atoms with Crippen LogP contribution < -0.4 is 5.32 Å². The maximum absolute atomic E-state index is 12.4. The van der Waals surface area contributed by atoms with Gasteiger partial charge in [-0.1, -0.05) is 0 Å². The molecule has 0 saturated heterocycles. The molecule has 0 saturated carbocycles. The molecule has 0 radical (unpaired) electrons. The Balaban J connectivity index is 2.44. The molecule has 2 aromatic rings. The van der Waals surface area contributed by atoms with Crippen molar-refractivity contribution in [3.8, 4) is 5.75 Å². The van der Waals surface area contributed by atoms with E-state index in [1.54, 1.807) is 13.8 Å². The molecule has 24 heavy (non-hydrogen) atoms. The predicted octanol–water partition coefficient (Wildman–Crippen LogP) is 3.08. The van der Waals surface area contributed by atoms with Crippen molar-refractivity contribution in [2.45, 2.75) is 13.8 Å². The van der Waals surface area contributed by atoms with Gasteiger partial charge in [0.15, 0.2) is 0 Å². The lowest BCUT2D eigenvalue weighted by molar-refractivity contribution is -0.394. The van der Waals surface area contributed by atoms with E-state index in [1.807, 2.05) is 0 Å². The normalized spacial score (nSPS) is 10.2. The van der Waals surface area contributed by atoms with Gasteiger partial charge in [0.25, 0.3) is 17.3 Å². The number of nitrogens with zero attached hydrogens (tertiary/aromatic N) is 2. The lowest BCUT2D eigenvalue weighted by atomic mass is 10.1. The summed E-state index contributed by atoms with van der Waals surface area (Å²) in [6.45, 7) is 3.32. The number of hydrogen-bond acceptors (Lipinski definition) is 6. The van der Waals surface area contributed by atoms with Crippen LogP contribution in [0.25, 0.3) is 0 Å². The Labute approximate surface area is 135 Å². The number of rotatable bonds is 4. The Bertz CT molecular complexity index is 839. The van der Waals surface area contributed by atoms with Gasteiger partial charge in [0.2, 0.25) is 0 Å². The molecule has 0 aliphatic rings. The molecule has 0 fully saturated rings. The fourth-order valence-corrected chi connectivity index (χ4v) is 2.30. The number of aromatic hydroxyl groups is 1. The van der Waals surface area contributed by atoms with Gasteiger partial charge in [-0.15, -0.1) is 0 Å². The summed E-state index contributed by atoms with van der Waals surface area (Å²) in [7, 11) is 0. The van der Waals surface area contributed by atoms with Crippen LogP contribution in [-0.2, 0) is 0 Å². The van der Waals surface area contributed by atoms with Gasteiger partial charge in [0, 0.05) is 11.8 Å². The molecule has 1 amide bonds. The van der Waals surface area contributed by atoms with Gasteiger partial charge in [-0.05, 0) is 43.2 Å². The van der Waals surface area contributed by atoms with Crippen molar-refractivity contribution in [2.24, 2.45) is 0 Å². The first-order valence-electron chi connectivity index (χ1n) is 6.75. The first-order valence-corrected chi connectivity index (χ1v) is 6.75. The first kappa shape index (κ1) is 16.9. The third-order valence-corrected chi connectivity index (χ3v) is 3.39. The SMILES string of the molecule is Cc1cc(O)cc(C)c1NC(=O)c1ccc([N+](=O)[O-])cc1[N+](=O)[O-]. The van der Waals surface area contributed by atoms with Crippen molar-refractivity contribution in [1.82, 2.24) is 0 Å². The average Bonchev–Trinajstić information content (AvgIpc) is 2.49. The van der Waals surface area contributed by atoms with E-state index >= 15 is 0 Å². The zero-order valence-electron chi connectivity index (χ0n) is 12.8. The van der Waals surface area contributed by atoms with Crippen LogP contribution in [-0.4, -0.2) is 20.9 Å². The number of benzene rings is 2. The van der Waals surface area contributed by atoms with Crippen LogP contribution in [0.1, 0.15) is 21.5 Å². The summed E-state index contributed by atoms with van der Waals surface area (Å²) < 4.78 is 0. The molecule has 0 aromatic heterocycles. The minimum absolute atomic E-state index is 0.0318. The number of aryl methyl sites for hydroxylation is 2. The number of amides is 1. The highest BCUT2D eigenvalue weighted by atomic mass is 16.6. The molecule has 0 bridgehead atoms. The number of hydrogen-bond donors (Lipinski definition) is 2. The van der Waals surface area contributed by atoms with Crippen molar-refractivity contribution in [3.05, 3.63) is 67.3 Å². The van der Waals surface area contributed by atoms with Crippen molar-refractivity contribution in [2.75, 3.05) is 5.32 Å². The van der Waals surface area contributed by atoms with Gasteiger partial charge in [0.05, 0.1) is 15.9 Å². The molecule has 124 valence electrons. The molecule has 0 unspecified atom stereocenters. The number of carbonyl (C=O) groups is 1. The molecule has 2 rings (SSSR count). The molecule has 9 heteroatoms. The summed E-state index contributed by atoms with van der Waals surface area (Å²) in [6, 6.07) is 5.68. The summed E-state index contributed by atoms with van der Waals surface area (Å²) in [5.41, 5.74) is 0.129. The standard InChI is InChI=1S/C15H13N3O6/c1-8-5-11(19)6-9(2)14(8)16-15(20)12-4-3-10(17(21)22)7-13(12)18(23)24/h3-7,19H,1-2H3,(H,16,20). The maximum atomic E-state index is 12.4. The summed E-state index contributed by atoms with van der Waals surface area (Å²) in [5, 5.41) is 33.9. The Morgan fingerprint density at radius 1 is 1.04 bits per heavy atom. The molecule has 0 heterocycles. The van der Waals surface area contributed by atoms with Crippen molar-refractivity contribution < 1.29 is 19.7 Å². The minimum Gasteiger partial charge on any atom is -0.508 e. The van der Waals surface area contributed by atoms with Gasteiger partial charge >= 0.3 is 0 Å². The van der Waals surface area contributed by atoms with E-state index < -0.39 is 27.1 Å². The monoisotopic (exact) mass is 331 g/mol. The number of phenols is 1. The van der Waals surface area contributed by atoms with E-state index in [4.69, 9.17) is 0 Å². The Morgan fingerprint density at radius 3 is 2.12 bits per heavy atom. The van der Waals surface area contributed by atoms with Gasteiger partial charge in [-0.2, -0.15) is 0 Å². The predicted molar refractivity (Wildman–Crippen MR) is 85.3 cm³/mol. The topological polar surface area (TPSA) is 136 Å². The number of phenolic OH excluding ortho intramolecular Hbond substituents is 1. The summed E-state index contributed by atoms with van der Waals surface area (Å²) in [5.74, 6) is -0.738. The molecular formula is C15H13N3O6. The molecule has 0 aliphatic heterocycles. The lowest BCUT2D eigenvalue weighted by Crippen LogP contribution is -2.15. The van der Waals surface area contributed by atoms with E-state index in [0.717, 1.165) is 18.2 Å². The van der Waals surface area contributed by atoms with Crippen LogP contribution >= 0.6 is 0 Å². The molecule has 2 N–H and O–H groups in total. The maximum Gasteiger partial charge on any atom is 0.289 e. The second kappa shape index (κ2) is 6.32. The first-order chi connectivity index (χ1) is 11.2. The second-order valence-electron chi connectivity index (χ2n) is 5.12. The van der Waals surface area contributed by atoms with Gasteiger partial charge in [-0.25, -0.2) is 0 Å². The van der Waals surface area contributed by atoms with Gasteiger partial charge in [-0.3, -0.25) is 25.0 Å². The van der Waals surface area contributed by atoms with Crippen LogP contribution in [0.4, 0.5) is 17.1 Å². The van der Waals surface area contributed by atoms with Gasteiger partial charge < -0.3 is 10.4 Å². The fourth-order valence-electron chi connectivity index (χ4n) is 2.30. The van der Waals surface area contributed by atoms with E-state index in [1.165, 1.54) is 12.1 Å². The Hall–Kier alpha value is -3.49. The second-order valence-corrected chi connectivity index (χ2v) is 5.12. The molecule has 9 nitrogen and oxygen atoms in total. The number of nitro benzene ring substituents is 2. The Kier molecular flexibility index (Phi) is 4.45. The largest absolute Gasteiger partial charge is 0.508 e. The van der Waals surface area contributed by atoms with Crippen LogP contribution in [0.5, 0.6) is 5.75 Å². The van der Waals surface area contributed by atoms with Crippen LogP contribution in [0.2, 0.25) is 0 Å². The average molecular weight is 331 g/mol. The van der Waals surface area contributed by atoms with E-state index in [-0.39, 0.29) is 11.3 Å².